The third-order valence-corrected chi connectivity index (χ3v) is 7.92. The molecule has 10 nitrogen and oxygen atoms in total. The molecule has 2 aromatic heterocycles. The first-order valence-corrected chi connectivity index (χ1v) is 14.6. The van der Waals surface area contributed by atoms with Gasteiger partial charge in [-0.3, -0.25) is 24.8 Å². The normalized spacial score (nSPS) is 18.0. The molecule has 3 heterocycles. The van der Waals surface area contributed by atoms with Crippen LogP contribution >= 0.6 is 11.6 Å². The van der Waals surface area contributed by atoms with Crippen molar-refractivity contribution in [2.75, 3.05) is 0 Å². The second kappa shape index (κ2) is 11.8. The lowest BCUT2D eigenvalue weighted by Gasteiger charge is -2.44. The number of amides is 1. The topological polar surface area (TPSA) is 137 Å². The molecule has 3 aromatic rings. The molecule has 44 heavy (non-hydrogen) atoms. The molecule has 1 aliphatic heterocycles. The van der Waals surface area contributed by atoms with Gasteiger partial charge in [-0.25, -0.2) is 9.80 Å². The van der Waals surface area contributed by atoms with E-state index >= 15 is 0 Å². The van der Waals surface area contributed by atoms with E-state index < -0.39 is 34.9 Å². The Labute approximate surface area is 259 Å². The minimum absolute atomic E-state index is 0.121. The number of hydrogen-bond acceptors (Lipinski definition) is 8. The minimum Gasteiger partial charge on any atom is -0.459 e. The maximum absolute atomic E-state index is 14.3. The highest BCUT2D eigenvalue weighted by atomic mass is 35.5. The van der Waals surface area contributed by atoms with Gasteiger partial charge >= 0.3 is 5.97 Å². The summed E-state index contributed by atoms with van der Waals surface area (Å²) in [5, 5.41) is 2.37. The molecule has 11 heteroatoms. The lowest BCUT2D eigenvalue weighted by Crippen LogP contribution is -2.51. The lowest BCUT2D eigenvalue weighted by atomic mass is 9.69. The number of ketones is 1. The first-order valence-electron chi connectivity index (χ1n) is 14.2. The average molecular weight is 616 g/mol. The molecule has 0 radical (unpaired) electrons. The van der Waals surface area contributed by atoms with Crippen LogP contribution < -0.4 is 16.7 Å². The Bertz CT molecular complexity index is 1820. The van der Waals surface area contributed by atoms with Crippen LogP contribution in [0.15, 0.2) is 88.9 Å². The Hall–Kier alpha value is -4.70. The van der Waals surface area contributed by atoms with Crippen molar-refractivity contribution in [2.45, 2.75) is 59.1 Å². The quantitative estimate of drug-likeness (QED) is 0.287. The molecule has 1 atom stereocenters. The van der Waals surface area contributed by atoms with E-state index in [4.69, 9.17) is 22.1 Å². The van der Waals surface area contributed by atoms with Crippen LogP contribution in [0.2, 0.25) is 5.02 Å². The van der Waals surface area contributed by atoms with Crippen LogP contribution in [-0.4, -0.2) is 38.3 Å². The highest BCUT2D eigenvalue weighted by molar-refractivity contribution is 6.31. The van der Waals surface area contributed by atoms with Gasteiger partial charge in [-0.2, -0.15) is 0 Å². The van der Waals surface area contributed by atoms with E-state index in [1.54, 1.807) is 44.2 Å². The fraction of sp³-hybridized carbons (Fsp3) is 0.303. The van der Waals surface area contributed by atoms with Gasteiger partial charge in [0.1, 0.15) is 5.82 Å². The van der Waals surface area contributed by atoms with E-state index in [1.807, 2.05) is 13.8 Å². The monoisotopic (exact) mass is 615 g/mol. The van der Waals surface area contributed by atoms with Crippen molar-refractivity contribution in [3.63, 3.8) is 0 Å². The summed E-state index contributed by atoms with van der Waals surface area (Å²) in [5.41, 5.74) is 10.2. The zero-order chi connectivity index (χ0) is 31.9. The zero-order valence-electron chi connectivity index (χ0n) is 25.0. The van der Waals surface area contributed by atoms with Crippen LogP contribution in [-0.2, 0) is 20.9 Å². The van der Waals surface area contributed by atoms with Crippen molar-refractivity contribution in [1.29, 1.82) is 0 Å². The number of rotatable bonds is 7. The van der Waals surface area contributed by atoms with Crippen LogP contribution in [0.3, 0.4) is 0 Å². The van der Waals surface area contributed by atoms with E-state index in [0.717, 1.165) is 0 Å². The lowest BCUT2D eigenvalue weighted by molar-refractivity contribution is -0.143. The van der Waals surface area contributed by atoms with Crippen molar-refractivity contribution in [1.82, 2.24) is 20.0 Å². The number of nitrogens with zero attached hydrogens (tertiary/aromatic N) is 3. The molecule has 228 valence electrons. The largest absolute Gasteiger partial charge is 0.459 e. The van der Waals surface area contributed by atoms with Gasteiger partial charge in [-0.1, -0.05) is 31.5 Å². The summed E-state index contributed by atoms with van der Waals surface area (Å²) < 4.78 is 7.14. The molecular formula is C33H34ClN5O5. The number of fused-ring (bicyclic) bond motifs is 1. The summed E-state index contributed by atoms with van der Waals surface area (Å²) >= 11 is 6.34. The molecule has 2 aliphatic rings. The predicted molar refractivity (Wildman–Crippen MR) is 167 cm³/mol. The van der Waals surface area contributed by atoms with Crippen LogP contribution in [0.1, 0.15) is 62.4 Å². The third-order valence-electron chi connectivity index (χ3n) is 7.69. The van der Waals surface area contributed by atoms with Gasteiger partial charge < -0.3 is 15.0 Å². The van der Waals surface area contributed by atoms with Gasteiger partial charge in [0.2, 0.25) is 0 Å². The van der Waals surface area contributed by atoms with Crippen molar-refractivity contribution in [3.8, 4) is 0 Å². The number of carbonyl (C=O) groups excluding carboxylic acids is 3. The van der Waals surface area contributed by atoms with Gasteiger partial charge in [0.05, 0.1) is 28.8 Å². The standard InChI is InChI=1S/C33H34ClN5O5/c1-6-13-38-23-8-7-21(34)14-20(23)15-22(31(38)42)26-27-24(16-33(4,5)17-25(27)40)39(29(35)28(26)32(43)44-18(2)3)37-30(41)19-9-11-36-12-10-19/h6-12,14-15,18,26H,1,13,16-17,35H2,2-5H3,(H,37,41). The summed E-state index contributed by atoms with van der Waals surface area (Å²) in [6, 6.07) is 9.84. The molecule has 0 bridgehead atoms. The van der Waals surface area contributed by atoms with Crippen molar-refractivity contribution >= 4 is 40.2 Å². The van der Waals surface area contributed by atoms with Crippen LogP contribution in [0.25, 0.3) is 10.9 Å². The highest BCUT2D eigenvalue weighted by Gasteiger charge is 2.48. The number of nitrogens with one attached hydrogen (secondary N) is 1. The summed E-state index contributed by atoms with van der Waals surface area (Å²) in [6.07, 6.45) is 4.49. The number of pyridine rings is 2. The second-order valence-corrected chi connectivity index (χ2v) is 12.4. The first-order chi connectivity index (χ1) is 20.8. The molecule has 5 rings (SSSR count). The Balaban J connectivity index is 1.82. The van der Waals surface area contributed by atoms with E-state index in [0.29, 0.717) is 33.6 Å². The fourth-order valence-corrected chi connectivity index (χ4v) is 6.07. The average Bonchev–Trinajstić information content (AvgIpc) is 2.95. The number of aromatic nitrogens is 2. The Morgan fingerprint density at radius 3 is 2.55 bits per heavy atom. The van der Waals surface area contributed by atoms with Gasteiger partial charge in [0.25, 0.3) is 11.5 Å². The number of ether oxygens (including phenoxy) is 1. The van der Waals surface area contributed by atoms with E-state index in [2.05, 4.69) is 17.0 Å². The number of carbonyl (C=O) groups is 3. The van der Waals surface area contributed by atoms with Crippen LogP contribution in [0.5, 0.6) is 0 Å². The number of Topliss-reactive ketones (excluding diaryl/α,β-unsaturated/α-hetero) is 1. The number of nitrogens with two attached hydrogens (primary N) is 1. The first kappa shape index (κ1) is 30.7. The number of allylic oxidation sites excluding steroid dienone is 3. The number of esters is 1. The summed E-state index contributed by atoms with van der Waals surface area (Å²) in [7, 11) is 0. The van der Waals surface area contributed by atoms with Gasteiger partial charge in [0, 0.05) is 52.5 Å². The van der Waals surface area contributed by atoms with Crippen molar-refractivity contribution in [2.24, 2.45) is 11.1 Å². The zero-order valence-corrected chi connectivity index (χ0v) is 25.8. The molecule has 1 amide bonds. The summed E-state index contributed by atoms with van der Waals surface area (Å²) in [5.74, 6) is -2.92. The number of hydrogen-bond donors (Lipinski definition) is 2. The molecule has 1 unspecified atom stereocenters. The number of benzene rings is 1. The smallest absolute Gasteiger partial charge is 0.338 e. The molecule has 0 fully saturated rings. The molecular weight excluding hydrogens is 582 g/mol. The summed E-state index contributed by atoms with van der Waals surface area (Å²) in [6.45, 7) is 11.2. The predicted octanol–water partition coefficient (Wildman–Crippen LogP) is 4.75. The minimum atomic E-state index is -1.17. The number of hydrazine groups is 1. The number of halogens is 1. The third kappa shape index (κ3) is 5.65. The Kier molecular flexibility index (Phi) is 8.22. The van der Waals surface area contributed by atoms with Crippen LogP contribution in [0, 0.1) is 5.41 Å². The van der Waals surface area contributed by atoms with Crippen LogP contribution in [0.4, 0.5) is 0 Å². The summed E-state index contributed by atoms with van der Waals surface area (Å²) in [4.78, 5) is 59.5. The second-order valence-electron chi connectivity index (χ2n) is 12.0. The molecule has 0 spiro atoms. The molecule has 1 aliphatic carbocycles. The SMILES string of the molecule is C=CCn1c(=O)c(C2C(C(=O)OC(C)C)=C(N)N(NC(=O)c3ccncc3)C3=C2C(=O)CC(C)(C)C3)cc2cc(Cl)ccc21. The van der Waals surface area contributed by atoms with Gasteiger partial charge in [-0.05, 0) is 62.1 Å². The molecule has 1 aromatic carbocycles. The fourth-order valence-electron chi connectivity index (χ4n) is 5.89. The van der Waals surface area contributed by atoms with Gasteiger partial charge in [-0.15, -0.1) is 6.58 Å². The maximum Gasteiger partial charge on any atom is 0.338 e. The van der Waals surface area contributed by atoms with Crippen molar-refractivity contribution in [3.05, 3.63) is 111 Å². The molecule has 0 saturated carbocycles. The van der Waals surface area contributed by atoms with Gasteiger partial charge in [0.15, 0.2) is 5.78 Å². The maximum atomic E-state index is 14.3. The highest BCUT2D eigenvalue weighted by Crippen LogP contribution is 2.48. The van der Waals surface area contributed by atoms with E-state index in [9.17, 15) is 19.2 Å². The molecule has 3 N–H and O–H groups in total. The Morgan fingerprint density at radius 1 is 1.18 bits per heavy atom. The molecule has 0 saturated heterocycles. The Morgan fingerprint density at radius 2 is 1.89 bits per heavy atom. The van der Waals surface area contributed by atoms with E-state index in [-0.39, 0.29) is 41.3 Å². The van der Waals surface area contributed by atoms with E-state index in [1.165, 1.54) is 34.1 Å². The van der Waals surface area contributed by atoms with Crippen molar-refractivity contribution < 1.29 is 19.1 Å².